The fraction of sp³-hybridized carbons (Fsp3) is 0.238. The molecule has 2 aromatic rings. The number of aryl methyl sites for hydroxylation is 1. The summed E-state index contributed by atoms with van der Waals surface area (Å²) in [5.41, 5.74) is 3.54. The highest BCUT2D eigenvalue weighted by Crippen LogP contribution is 2.31. The van der Waals surface area contributed by atoms with E-state index in [1.54, 1.807) is 0 Å². The molecule has 138 valence electrons. The zero-order valence-corrected chi connectivity index (χ0v) is 16.6. The molecule has 4 rings (SSSR count). The van der Waals surface area contributed by atoms with Crippen molar-refractivity contribution in [2.45, 2.75) is 6.92 Å². The lowest BCUT2D eigenvalue weighted by molar-refractivity contribution is -0.113. The van der Waals surface area contributed by atoms with E-state index in [0.29, 0.717) is 9.93 Å². The number of hydrogen-bond donors (Lipinski definition) is 0. The second-order valence-corrected chi connectivity index (χ2v) is 8.07. The minimum Gasteiger partial charge on any atom is -0.368 e. The van der Waals surface area contributed by atoms with Crippen LogP contribution < -0.4 is 4.90 Å². The Kier molecular flexibility index (Phi) is 5.23. The standard InChI is InChI=1S/C21H20ClN3OS/c1-15-4-2-3-5-18(15)24-10-12-25(13-11-24)21-23-20(26)19(27-21)14-16-6-8-17(22)9-7-16/h2-9,14H,10-13H2,1H3/b19-14-. The molecule has 0 aromatic heterocycles. The highest BCUT2D eigenvalue weighted by molar-refractivity contribution is 8.18. The van der Waals surface area contributed by atoms with Gasteiger partial charge in [-0.3, -0.25) is 4.79 Å². The Morgan fingerprint density at radius 2 is 1.67 bits per heavy atom. The molecular weight excluding hydrogens is 378 g/mol. The number of thioether (sulfide) groups is 1. The van der Waals surface area contributed by atoms with Gasteiger partial charge in [-0.05, 0) is 54.1 Å². The van der Waals surface area contributed by atoms with Crippen LogP contribution in [-0.2, 0) is 4.79 Å². The lowest BCUT2D eigenvalue weighted by Crippen LogP contribution is -2.48. The smallest absolute Gasteiger partial charge is 0.286 e. The number of rotatable bonds is 2. The van der Waals surface area contributed by atoms with Crippen LogP contribution in [0.3, 0.4) is 0 Å². The van der Waals surface area contributed by atoms with Gasteiger partial charge in [-0.2, -0.15) is 4.99 Å². The minimum atomic E-state index is -0.161. The van der Waals surface area contributed by atoms with Crippen molar-refractivity contribution in [3.05, 3.63) is 69.6 Å². The quantitative estimate of drug-likeness (QED) is 0.702. The number of anilines is 1. The maximum absolute atomic E-state index is 12.3. The molecule has 2 aliphatic rings. The molecular formula is C21H20ClN3OS. The first-order valence-corrected chi connectivity index (χ1v) is 10.1. The molecule has 1 saturated heterocycles. The number of amidine groups is 1. The van der Waals surface area contributed by atoms with Crippen molar-refractivity contribution < 1.29 is 4.79 Å². The topological polar surface area (TPSA) is 35.9 Å². The maximum Gasteiger partial charge on any atom is 0.286 e. The monoisotopic (exact) mass is 397 g/mol. The van der Waals surface area contributed by atoms with Crippen molar-refractivity contribution in [3.63, 3.8) is 0 Å². The molecule has 0 aliphatic carbocycles. The number of aliphatic imine (C=N–C) groups is 1. The van der Waals surface area contributed by atoms with Crippen LogP contribution in [0.15, 0.2) is 58.4 Å². The first-order valence-electron chi connectivity index (χ1n) is 8.94. The molecule has 0 bridgehead atoms. The number of para-hydroxylation sites is 1. The largest absolute Gasteiger partial charge is 0.368 e. The molecule has 2 aliphatic heterocycles. The highest BCUT2D eigenvalue weighted by Gasteiger charge is 2.28. The highest BCUT2D eigenvalue weighted by atomic mass is 35.5. The van der Waals surface area contributed by atoms with E-state index in [9.17, 15) is 4.79 Å². The van der Waals surface area contributed by atoms with Gasteiger partial charge in [0.15, 0.2) is 5.17 Å². The van der Waals surface area contributed by atoms with Crippen LogP contribution in [0.1, 0.15) is 11.1 Å². The van der Waals surface area contributed by atoms with E-state index < -0.39 is 0 Å². The number of halogens is 1. The normalized spacial score (nSPS) is 19.0. The third-order valence-electron chi connectivity index (χ3n) is 4.78. The predicted octanol–water partition coefficient (Wildman–Crippen LogP) is 4.44. The lowest BCUT2D eigenvalue weighted by Gasteiger charge is -2.37. The van der Waals surface area contributed by atoms with Crippen LogP contribution in [-0.4, -0.2) is 42.2 Å². The minimum absolute atomic E-state index is 0.161. The number of amides is 1. The van der Waals surface area contributed by atoms with Crippen LogP contribution >= 0.6 is 23.4 Å². The summed E-state index contributed by atoms with van der Waals surface area (Å²) < 4.78 is 0. The molecule has 0 saturated carbocycles. The summed E-state index contributed by atoms with van der Waals surface area (Å²) in [5.74, 6) is -0.161. The Hall–Kier alpha value is -2.24. The maximum atomic E-state index is 12.3. The summed E-state index contributed by atoms with van der Waals surface area (Å²) in [5, 5.41) is 1.50. The molecule has 2 aromatic carbocycles. The molecule has 0 unspecified atom stereocenters. The number of benzene rings is 2. The number of carbonyl (C=O) groups is 1. The van der Waals surface area contributed by atoms with Crippen LogP contribution in [0.25, 0.3) is 6.08 Å². The molecule has 1 fully saturated rings. The Labute approximate surface area is 168 Å². The van der Waals surface area contributed by atoms with Crippen molar-refractivity contribution in [1.82, 2.24) is 4.90 Å². The van der Waals surface area contributed by atoms with Gasteiger partial charge >= 0.3 is 0 Å². The van der Waals surface area contributed by atoms with E-state index in [1.807, 2.05) is 30.3 Å². The van der Waals surface area contributed by atoms with Gasteiger partial charge in [-0.15, -0.1) is 0 Å². The molecule has 2 heterocycles. The molecule has 1 amide bonds. The summed E-state index contributed by atoms with van der Waals surface area (Å²) in [7, 11) is 0. The van der Waals surface area contributed by atoms with E-state index in [2.05, 4.69) is 46.0 Å². The van der Waals surface area contributed by atoms with Crippen LogP contribution in [0, 0.1) is 6.92 Å². The molecule has 0 radical (unpaired) electrons. The van der Waals surface area contributed by atoms with E-state index in [4.69, 9.17) is 11.6 Å². The van der Waals surface area contributed by atoms with Gasteiger partial charge in [0.05, 0.1) is 4.91 Å². The fourth-order valence-electron chi connectivity index (χ4n) is 3.30. The number of nitrogens with zero attached hydrogens (tertiary/aromatic N) is 3. The molecule has 6 heteroatoms. The van der Waals surface area contributed by atoms with Gasteiger partial charge in [0.25, 0.3) is 5.91 Å². The van der Waals surface area contributed by atoms with Crippen molar-refractivity contribution in [1.29, 1.82) is 0 Å². The fourth-order valence-corrected chi connectivity index (χ4v) is 4.39. The predicted molar refractivity (Wildman–Crippen MR) is 114 cm³/mol. The van der Waals surface area contributed by atoms with E-state index >= 15 is 0 Å². The lowest BCUT2D eigenvalue weighted by atomic mass is 10.1. The van der Waals surface area contributed by atoms with Gasteiger partial charge < -0.3 is 9.80 Å². The Morgan fingerprint density at radius 3 is 2.37 bits per heavy atom. The zero-order chi connectivity index (χ0) is 18.8. The third-order valence-corrected chi connectivity index (χ3v) is 6.08. The second kappa shape index (κ2) is 7.79. The van der Waals surface area contributed by atoms with Gasteiger partial charge in [0.2, 0.25) is 0 Å². The Morgan fingerprint density at radius 1 is 1.00 bits per heavy atom. The zero-order valence-electron chi connectivity index (χ0n) is 15.1. The van der Waals surface area contributed by atoms with Gasteiger partial charge in [-0.25, -0.2) is 0 Å². The SMILES string of the molecule is Cc1ccccc1N1CCN(C2=NC(=O)/C(=C/c3ccc(Cl)cc3)S2)CC1. The first kappa shape index (κ1) is 18.1. The van der Waals surface area contributed by atoms with Crippen LogP contribution in [0.5, 0.6) is 0 Å². The average Bonchev–Trinajstić information content (AvgIpc) is 3.05. The molecule has 4 nitrogen and oxygen atoms in total. The molecule has 0 N–H and O–H groups in total. The van der Waals surface area contributed by atoms with Gasteiger partial charge in [-0.1, -0.05) is 41.9 Å². The van der Waals surface area contributed by atoms with Gasteiger partial charge in [0, 0.05) is 36.9 Å². The van der Waals surface area contributed by atoms with Crippen LogP contribution in [0.2, 0.25) is 5.02 Å². The van der Waals surface area contributed by atoms with Crippen molar-refractivity contribution in [2.24, 2.45) is 4.99 Å². The van der Waals surface area contributed by atoms with Crippen molar-refractivity contribution >= 4 is 46.2 Å². The summed E-state index contributed by atoms with van der Waals surface area (Å²) in [4.78, 5) is 21.8. The molecule has 27 heavy (non-hydrogen) atoms. The second-order valence-electron chi connectivity index (χ2n) is 6.62. The summed E-state index contributed by atoms with van der Waals surface area (Å²) in [6.07, 6.45) is 1.88. The number of piperazine rings is 1. The Balaban J connectivity index is 1.41. The Bertz CT molecular complexity index is 915. The van der Waals surface area contributed by atoms with Gasteiger partial charge in [0.1, 0.15) is 0 Å². The van der Waals surface area contributed by atoms with Crippen LogP contribution in [0.4, 0.5) is 5.69 Å². The number of hydrogen-bond acceptors (Lipinski definition) is 4. The van der Waals surface area contributed by atoms with E-state index in [-0.39, 0.29) is 5.91 Å². The first-order chi connectivity index (χ1) is 13.1. The summed E-state index contributed by atoms with van der Waals surface area (Å²) in [6.45, 7) is 5.72. The number of carbonyl (C=O) groups excluding carboxylic acids is 1. The van der Waals surface area contributed by atoms with Crippen molar-refractivity contribution in [2.75, 3.05) is 31.1 Å². The average molecular weight is 398 g/mol. The third kappa shape index (κ3) is 4.04. The van der Waals surface area contributed by atoms with Crippen molar-refractivity contribution in [3.8, 4) is 0 Å². The molecule has 0 atom stereocenters. The molecule has 0 spiro atoms. The summed E-state index contributed by atoms with van der Waals surface area (Å²) in [6, 6.07) is 15.9. The van der Waals surface area contributed by atoms with E-state index in [0.717, 1.165) is 36.9 Å². The summed E-state index contributed by atoms with van der Waals surface area (Å²) >= 11 is 7.38. The van der Waals surface area contributed by atoms with E-state index in [1.165, 1.54) is 23.0 Å².